The average Bonchev–Trinajstić information content (AvgIpc) is 2.99. The molecule has 2 aromatic rings. The standard InChI is InChI=1S/C22H31N3O2/c1-15-6-8-16(9-7-15)20-25-24-19(27-20)11-10-18(26)23-17-12-21(2,3)14-22(4,5)13-17/h6-9,17H,10-14H2,1-5H3,(H,23,26). The summed E-state index contributed by atoms with van der Waals surface area (Å²) in [6, 6.07) is 8.19. The molecule has 0 unspecified atom stereocenters. The second-order valence-electron chi connectivity index (χ2n) is 9.54. The Balaban J connectivity index is 1.53. The number of nitrogens with one attached hydrogen (secondary N) is 1. The molecule has 27 heavy (non-hydrogen) atoms. The number of aryl methyl sites for hydroxylation is 2. The van der Waals surface area contributed by atoms with E-state index in [1.807, 2.05) is 31.2 Å². The maximum Gasteiger partial charge on any atom is 0.247 e. The lowest BCUT2D eigenvalue weighted by molar-refractivity contribution is -0.122. The van der Waals surface area contributed by atoms with Crippen LogP contribution in [0.1, 0.15) is 64.8 Å². The minimum absolute atomic E-state index is 0.0589. The normalized spacial score (nSPS) is 19.0. The highest BCUT2D eigenvalue weighted by atomic mass is 16.4. The van der Waals surface area contributed by atoms with Crippen molar-refractivity contribution in [3.63, 3.8) is 0 Å². The third-order valence-electron chi connectivity index (χ3n) is 5.25. The molecule has 5 heteroatoms. The molecule has 1 heterocycles. The summed E-state index contributed by atoms with van der Waals surface area (Å²) in [5, 5.41) is 11.4. The van der Waals surface area contributed by atoms with Gasteiger partial charge in [-0.05, 0) is 49.1 Å². The molecule has 1 aromatic carbocycles. The highest BCUT2D eigenvalue weighted by Crippen LogP contribution is 2.45. The lowest BCUT2D eigenvalue weighted by atomic mass is 9.63. The number of rotatable bonds is 5. The second-order valence-corrected chi connectivity index (χ2v) is 9.54. The molecule has 146 valence electrons. The van der Waals surface area contributed by atoms with Crippen LogP contribution >= 0.6 is 0 Å². The average molecular weight is 370 g/mol. The highest BCUT2D eigenvalue weighted by Gasteiger charge is 2.38. The molecule has 1 saturated carbocycles. The van der Waals surface area contributed by atoms with Gasteiger partial charge in [-0.25, -0.2) is 0 Å². The van der Waals surface area contributed by atoms with Crippen LogP contribution in [0.5, 0.6) is 0 Å². The van der Waals surface area contributed by atoms with Crippen LogP contribution in [0.15, 0.2) is 28.7 Å². The SMILES string of the molecule is Cc1ccc(-c2nnc(CCC(=O)NC3CC(C)(C)CC(C)(C)C3)o2)cc1. The fourth-order valence-electron chi connectivity index (χ4n) is 4.64. The van der Waals surface area contributed by atoms with Crippen molar-refractivity contribution in [3.05, 3.63) is 35.7 Å². The Morgan fingerprint density at radius 1 is 1.11 bits per heavy atom. The molecule has 0 radical (unpaired) electrons. The van der Waals surface area contributed by atoms with E-state index >= 15 is 0 Å². The summed E-state index contributed by atoms with van der Waals surface area (Å²) in [5.41, 5.74) is 2.60. The van der Waals surface area contributed by atoms with E-state index in [0.717, 1.165) is 18.4 Å². The summed E-state index contributed by atoms with van der Waals surface area (Å²) in [6.07, 6.45) is 4.08. The highest BCUT2D eigenvalue weighted by molar-refractivity contribution is 5.76. The maximum absolute atomic E-state index is 12.4. The van der Waals surface area contributed by atoms with Gasteiger partial charge in [0.05, 0.1) is 0 Å². The molecule has 1 aromatic heterocycles. The van der Waals surface area contributed by atoms with Gasteiger partial charge >= 0.3 is 0 Å². The van der Waals surface area contributed by atoms with Gasteiger partial charge in [0.25, 0.3) is 0 Å². The molecule has 0 spiro atoms. The Hall–Kier alpha value is -2.17. The van der Waals surface area contributed by atoms with Crippen LogP contribution < -0.4 is 5.32 Å². The van der Waals surface area contributed by atoms with E-state index in [9.17, 15) is 4.79 Å². The molecular weight excluding hydrogens is 338 g/mol. The van der Waals surface area contributed by atoms with E-state index in [1.54, 1.807) is 0 Å². The molecule has 0 bridgehead atoms. The lowest BCUT2D eigenvalue weighted by Gasteiger charge is -2.45. The minimum atomic E-state index is 0.0589. The lowest BCUT2D eigenvalue weighted by Crippen LogP contribution is -2.46. The molecular formula is C22H31N3O2. The number of benzene rings is 1. The summed E-state index contributed by atoms with van der Waals surface area (Å²) < 4.78 is 5.71. The van der Waals surface area contributed by atoms with Crippen LogP contribution in [-0.2, 0) is 11.2 Å². The molecule has 3 rings (SSSR count). The zero-order valence-electron chi connectivity index (χ0n) is 17.1. The van der Waals surface area contributed by atoms with Crippen LogP contribution in [0, 0.1) is 17.8 Å². The van der Waals surface area contributed by atoms with Crippen LogP contribution in [0.2, 0.25) is 0 Å². The van der Waals surface area contributed by atoms with E-state index in [4.69, 9.17) is 4.42 Å². The Kier molecular flexibility index (Phi) is 5.41. The van der Waals surface area contributed by atoms with Crippen LogP contribution in [0.3, 0.4) is 0 Å². The van der Waals surface area contributed by atoms with E-state index in [1.165, 1.54) is 12.0 Å². The molecule has 1 aliphatic carbocycles. The van der Waals surface area contributed by atoms with E-state index in [2.05, 4.69) is 43.2 Å². The summed E-state index contributed by atoms with van der Waals surface area (Å²) in [7, 11) is 0. The molecule has 0 aliphatic heterocycles. The van der Waals surface area contributed by atoms with E-state index in [0.29, 0.717) is 24.6 Å². The van der Waals surface area contributed by atoms with Crippen LogP contribution in [0.25, 0.3) is 11.5 Å². The molecule has 1 N–H and O–H groups in total. The first-order valence-corrected chi connectivity index (χ1v) is 9.81. The maximum atomic E-state index is 12.4. The largest absolute Gasteiger partial charge is 0.421 e. The van der Waals surface area contributed by atoms with Crippen LogP contribution in [-0.4, -0.2) is 22.1 Å². The van der Waals surface area contributed by atoms with Gasteiger partial charge in [-0.1, -0.05) is 45.4 Å². The van der Waals surface area contributed by atoms with Gasteiger partial charge in [-0.15, -0.1) is 10.2 Å². The van der Waals surface area contributed by atoms with Crippen molar-refractivity contribution in [3.8, 4) is 11.5 Å². The van der Waals surface area contributed by atoms with Crippen molar-refractivity contribution in [2.24, 2.45) is 10.8 Å². The Morgan fingerprint density at radius 2 is 1.74 bits per heavy atom. The van der Waals surface area contributed by atoms with Crippen molar-refractivity contribution in [1.82, 2.24) is 15.5 Å². The smallest absolute Gasteiger partial charge is 0.247 e. The Morgan fingerprint density at radius 3 is 2.37 bits per heavy atom. The van der Waals surface area contributed by atoms with Gasteiger partial charge < -0.3 is 9.73 Å². The zero-order valence-corrected chi connectivity index (χ0v) is 17.1. The zero-order chi connectivity index (χ0) is 19.7. The minimum Gasteiger partial charge on any atom is -0.421 e. The number of carbonyl (C=O) groups excluding carboxylic acids is 1. The second kappa shape index (κ2) is 7.45. The summed E-state index contributed by atoms with van der Waals surface area (Å²) in [5.74, 6) is 1.06. The third-order valence-corrected chi connectivity index (χ3v) is 5.25. The first kappa shape index (κ1) is 19.6. The monoisotopic (exact) mass is 369 g/mol. The van der Waals surface area contributed by atoms with Crippen molar-refractivity contribution in [1.29, 1.82) is 0 Å². The van der Waals surface area contributed by atoms with Gasteiger partial charge in [-0.3, -0.25) is 4.79 Å². The quantitative estimate of drug-likeness (QED) is 0.829. The summed E-state index contributed by atoms with van der Waals surface area (Å²) in [4.78, 5) is 12.4. The number of hydrogen-bond donors (Lipinski definition) is 1. The predicted octanol–water partition coefficient (Wildman–Crippen LogP) is 4.70. The molecule has 1 aliphatic rings. The van der Waals surface area contributed by atoms with Gasteiger partial charge in [0, 0.05) is 24.4 Å². The van der Waals surface area contributed by atoms with Crippen molar-refractivity contribution in [2.45, 2.75) is 72.8 Å². The first-order chi connectivity index (χ1) is 12.6. The van der Waals surface area contributed by atoms with Crippen molar-refractivity contribution >= 4 is 5.91 Å². The Labute approximate surface area is 162 Å². The molecule has 5 nitrogen and oxygen atoms in total. The van der Waals surface area contributed by atoms with E-state index in [-0.39, 0.29) is 22.8 Å². The van der Waals surface area contributed by atoms with Gasteiger partial charge in [0.2, 0.25) is 17.7 Å². The number of amides is 1. The molecule has 0 saturated heterocycles. The number of aromatic nitrogens is 2. The van der Waals surface area contributed by atoms with Crippen molar-refractivity contribution in [2.75, 3.05) is 0 Å². The molecule has 1 amide bonds. The number of hydrogen-bond acceptors (Lipinski definition) is 4. The van der Waals surface area contributed by atoms with Crippen LogP contribution in [0.4, 0.5) is 0 Å². The fraction of sp³-hybridized carbons (Fsp3) is 0.591. The number of carbonyl (C=O) groups is 1. The van der Waals surface area contributed by atoms with Crippen molar-refractivity contribution < 1.29 is 9.21 Å². The van der Waals surface area contributed by atoms with Gasteiger partial charge in [0.1, 0.15) is 0 Å². The topological polar surface area (TPSA) is 68.0 Å². The summed E-state index contributed by atoms with van der Waals surface area (Å²) >= 11 is 0. The predicted molar refractivity (Wildman–Crippen MR) is 106 cm³/mol. The third kappa shape index (κ3) is 5.41. The van der Waals surface area contributed by atoms with Gasteiger partial charge in [-0.2, -0.15) is 0 Å². The summed E-state index contributed by atoms with van der Waals surface area (Å²) in [6.45, 7) is 11.2. The number of nitrogens with zero attached hydrogens (tertiary/aromatic N) is 2. The fourth-order valence-corrected chi connectivity index (χ4v) is 4.64. The van der Waals surface area contributed by atoms with Gasteiger partial charge in [0.15, 0.2) is 0 Å². The first-order valence-electron chi connectivity index (χ1n) is 9.81. The molecule has 0 atom stereocenters. The van der Waals surface area contributed by atoms with E-state index < -0.39 is 0 Å². The Bertz CT molecular complexity index is 774. The molecule has 1 fully saturated rings.